The number of hydrogen-bond donors (Lipinski definition) is 3. The summed E-state index contributed by atoms with van der Waals surface area (Å²) in [5.74, 6) is -4.66. The Morgan fingerprint density at radius 2 is 1.58 bits per heavy atom. The van der Waals surface area contributed by atoms with Gasteiger partial charge < -0.3 is 34.6 Å². The molecule has 1 aliphatic heterocycles. The largest absolute Gasteiger partial charge is 0.504 e. The maximum atomic E-state index is 14.4. The van der Waals surface area contributed by atoms with Gasteiger partial charge in [-0.3, -0.25) is 19.9 Å². The van der Waals surface area contributed by atoms with E-state index in [-0.39, 0.29) is 35.0 Å². The van der Waals surface area contributed by atoms with Gasteiger partial charge in [-0.25, -0.2) is 22.8 Å². The zero-order valence-electron chi connectivity index (χ0n) is 31.6. The van der Waals surface area contributed by atoms with Crippen LogP contribution in [0.1, 0.15) is 45.8 Å². The van der Waals surface area contributed by atoms with Crippen LogP contribution in [0.3, 0.4) is 0 Å². The van der Waals surface area contributed by atoms with Gasteiger partial charge in [0.1, 0.15) is 23.0 Å². The van der Waals surface area contributed by atoms with Gasteiger partial charge in [-0.2, -0.15) is 0 Å². The number of non-ortho nitro benzene ring substituents is 1. The summed E-state index contributed by atoms with van der Waals surface area (Å²) in [5, 5.41) is 32.7. The van der Waals surface area contributed by atoms with E-state index in [9.17, 15) is 47.9 Å². The van der Waals surface area contributed by atoms with Crippen LogP contribution in [-0.4, -0.2) is 80.6 Å². The number of nitro benzene ring substituents is 1. The molecule has 18 heteroatoms. The Morgan fingerprint density at radius 1 is 0.933 bits per heavy atom. The number of aromatic nitrogens is 1. The third-order valence-corrected chi connectivity index (χ3v) is 11.9. The lowest BCUT2D eigenvalue weighted by molar-refractivity contribution is -0.384. The second-order valence-corrected chi connectivity index (χ2v) is 16.0. The Kier molecular flexibility index (Phi) is 12.5. The smallest absolute Gasteiger partial charge is 0.407 e. The lowest BCUT2D eigenvalue weighted by Crippen LogP contribution is -2.55. The van der Waals surface area contributed by atoms with Gasteiger partial charge in [-0.1, -0.05) is 66.7 Å². The van der Waals surface area contributed by atoms with Gasteiger partial charge >= 0.3 is 18.0 Å². The number of benzene rings is 4. The van der Waals surface area contributed by atoms with Crippen LogP contribution in [0.15, 0.2) is 128 Å². The van der Waals surface area contributed by atoms with E-state index in [0.29, 0.717) is 16.7 Å². The Bertz CT molecular complexity index is 2510. The molecule has 17 nitrogen and oxygen atoms in total. The Morgan fingerprint density at radius 3 is 2.20 bits per heavy atom. The molecule has 0 saturated carbocycles. The van der Waals surface area contributed by atoms with Crippen molar-refractivity contribution in [3.63, 3.8) is 0 Å². The number of amides is 2. The molecule has 6 rings (SSSR count). The second-order valence-electron chi connectivity index (χ2n) is 13.6. The number of phenolic OH excluding ortho intramolecular Hbond substituents is 2. The Balaban J connectivity index is 1.26. The summed E-state index contributed by atoms with van der Waals surface area (Å²) in [5.41, 5.74) is 1.34. The summed E-state index contributed by atoms with van der Waals surface area (Å²) in [6, 6.07) is 26.7. The average molecular weight is 837 g/mol. The molecule has 1 aromatic heterocycles. The number of carbonyl (C=O) groups is 4. The van der Waals surface area contributed by atoms with Crippen LogP contribution in [0.25, 0.3) is 6.08 Å². The number of alkyl carbamates (subject to hydrolysis) is 1. The van der Waals surface area contributed by atoms with Gasteiger partial charge in [-0.05, 0) is 66.1 Å². The summed E-state index contributed by atoms with van der Waals surface area (Å²) in [6.45, 7) is 0.0894. The highest BCUT2D eigenvalue weighted by molar-refractivity contribution is 7.93. The monoisotopic (exact) mass is 836 g/mol. The molecule has 4 aromatic carbocycles. The van der Waals surface area contributed by atoms with E-state index in [1.54, 1.807) is 60.7 Å². The minimum atomic E-state index is -4.46. The number of carbonyl (C=O) groups excluding carboxylic acids is 4. The van der Waals surface area contributed by atoms with Crippen molar-refractivity contribution in [3.05, 3.63) is 166 Å². The van der Waals surface area contributed by atoms with E-state index < -0.39 is 73.8 Å². The van der Waals surface area contributed by atoms with E-state index in [4.69, 9.17) is 14.2 Å². The van der Waals surface area contributed by atoms with Gasteiger partial charge in [0.15, 0.2) is 33.5 Å². The van der Waals surface area contributed by atoms with Gasteiger partial charge in [0.05, 0.1) is 16.2 Å². The zero-order valence-corrected chi connectivity index (χ0v) is 32.4. The van der Waals surface area contributed by atoms with Crippen molar-refractivity contribution in [1.29, 1.82) is 0 Å². The first-order valence-corrected chi connectivity index (χ1v) is 19.7. The highest BCUT2D eigenvalue weighted by atomic mass is 32.2. The normalized spacial score (nSPS) is 16.9. The molecule has 1 fully saturated rings. The predicted octanol–water partition coefficient (Wildman–Crippen LogP) is 5.23. The number of sulfone groups is 1. The minimum absolute atomic E-state index is 0.00117. The first-order chi connectivity index (χ1) is 28.6. The number of esters is 2. The van der Waals surface area contributed by atoms with Crippen LogP contribution in [0.2, 0.25) is 0 Å². The number of nitro groups is 1. The topological polar surface area (TPSA) is 242 Å². The highest BCUT2D eigenvalue weighted by Crippen LogP contribution is 2.38. The third-order valence-electron chi connectivity index (χ3n) is 9.49. The van der Waals surface area contributed by atoms with Crippen molar-refractivity contribution in [1.82, 2.24) is 15.2 Å². The van der Waals surface area contributed by atoms with E-state index >= 15 is 0 Å². The van der Waals surface area contributed by atoms with Crippen LogP contribution < -0.4 is 10.1 Å². The number of hydrogen-bond acceptors (Lipinski definition) is 14. The molecule has 1 saturated heterocycles. The molecule has 308 valence electrons. The maximum Gasteiger partial charge on any atom is 0.407 e. The molecule has 0 bridgehead atoms. The molecular formula is C42H36N4O13S. The summed E-state index contributed by atoms with van der Waals surface area (Å²) in [4.78, 5) is 69.4. The van der Waals surface area contributed by atoms with Gasteiger partial charge in [0, 0.05) is 31.0 Å². The van der Waals surface area contributed by atoms with Gasteiger partial charge in [0.25, 0.3) is 5.69 Å². The van der Waals surface area contributed by atoms with Gasteiger partial charge in [-0.15, -0.1) is 0 Å². The molecule has 0 radical (unpaired) electrons. The number of ether oxygens (including phenoxy) is 3. The van der Waals surface area contributed by atoms with Gasteiger partial charge in [0.2, 0.25) is 5.91 Å². The van der Waals surface area contributed by atoms with E-state index in [2.05, 4.69) is 10.3 Å². The molecule has 3 N–H and O–H groups in total. The highest BCUT2D eigenvalue weighted by Gasteiger charge is 2.61. The maximum absolute atomic E-state index is 14.4. The lowest BCUT2D eigenvalue weighted by Gasteiger charge is -2.32. The predicted molar refractivity (Wildman–Crippen MR) is 213 cm³/mol. The summed E-state index contributed by atoms with van der Waals surface area (Å²) >= 11 is 0. The number of pyridine rings is 1. The molecule has 60 heavy (non-hydrogen) atoms. The molecule has 0 aliphatic carbocycles. The van der Waals surface area contributed by atoms with E-state index in [0.717, 1.165) is 17.9 Å². The molecule has 5 aromatic rings. The van der Waals surface area contributed by atoms with Crippen LogP contribution in [-0.2, 0) is 35.4 Å². The lowest BCUT2D eigenvalue weighted by atomic mass is 9.98. The van der Waals surface area contributed by atoms with Crippen molar-refractivity contribution in [2.45, 2.75) is 30.4 Å². The summed E-state index contributed by atoms with van der Waals surface area (Å²) in [6.07, 6.45) is 1.29. The fraction of sp³-hybridized carbons (Fsp3) is 0.167. The number of aromatic hydroxyl groups is 2. The van der Waals surface area contributed by atoms with Crippen molar-refractivity contribution < 1.29 is 56.9 Å². The number of nitrogens with zero attached hydrogens (tertiary/aromatic N) is 3. The summed E-state index contributed by atoms with van der Waals surface area (Å²) in [7, 11) is -4.46. The Labute approximate surface area is 342 Å². The molecule has 2 atom stereocenters. The minimum Gasteiger partial charge on any atom is -0.504 e. The molecule has 2 heterocycles. The molecule has 0 spiro atoms. The van der Waals surface area contributed by atoms with Crippen LogP contribution in [0.4, 0.5) is 10.5 Å². The van der Waals surface area contributed by atoms with Crippen molar-refractivity contribution in [2.24, 2.45) is 0 Å². The first kappa shape index (κ1) is 42.0. The van der Waals surface area contributed by atoms with Crippen molar-refractivity contribution in [2.75, 3.05) is 12.5 Å². The van der Waals surface area contributed by atoms with Crippen molar-refractivity contribution in [3.8, 4) is 17.2 Å². The van der Waals surface area contributed by atoms with E-state index in [1.165, 1.54) is 66.9 Å². The SMILES string of the molecule is C[C@]1(COC(=O)NCc2ccc(O)c(O)c2)[C@H](C(=O)OC(c2ccccc2)c2ccccc2)N(C(=O)/C=C/c2cc(C(=O)Oc3ccc([N+](=O)[O-])cc3)ccn2)CS1(=O)=O. The first-order valence-electron chi connectivity index (χ1n) is 18.0. The zero-order chi connectivity index (χ0) is 43.0. The van der Waals surface area contributed by atoms with E-state index in [1.807, 2.05) is 0 Å². The quantitative estimate of drug-likeness (QED) is 0.0344. The number of rotatable bonds is 13. The second kappa shape index (κ2) is 17.9. The fourth-order valence-corrected chi connectivity index (χ4v) is 7.98. The molecule has 0 unspecified atom stereocenters. The average Bonchev–Trinajstić information content (AvgIpc) is 3.46. The summed E-state index contributed by atoms with van der Waals surface area (Å²) < 4.78 is 42.5. The third kappa shape index (κ3) is 9.56. The van der Waals surface area contributed by atoms with Crippen LogP contribution >= 0.6 is 0 Å². The number of phenols is 2. The molecular weight excluding hydrogens is 801 g/mol. The fourth-order valence-electron chi connectivity index (χ4n) is 6.24. The van der Waals surface area contributed by atoms with Crippen LogP contribution in [0, 0.1) is 10.1 Å². The van der Waals surface area contributed by atoms with Crippen molar-refractivity contribution >= 4 is 45.5 Å². The van der Waals surface area contributed by atoms with Crippen LogP contribution in [0.5, 0.6) is 17.2 Å². The molecule has 1 aliphatic rings. The molecule has 2 amide bonds. The number of nitrogens with one attached hydrogen (secondary N) is 1. The Hall–Kier alpha value is -7.60. The standard InChI is InChI=1S/C42H36N4O13S/c1-42(25-57-41(52)44-24-27-12-18-34(47)35(48)22-27)38(40(51)59-37(28-8-4-2-5-9-28)29-10-6-3-7-11-29)45(26-60(42,55)56)36(49)19-13-31-23-30(20-21-43-31)39(50)58-33-16-14-32(15-17-33)46(53)54/h2-23,37-38,47-48H,24-26H2,1H3,(H,44,52)/b19-13+/t38-,42-/m0/s1.